The monoisotopic (exact) mass is 291 g/mol. The molecule has 1 fully saturated rings. The zero-order valence-electron chi connectivity index (χ0n) is 10.0. The van der Waals surface area contributed by atoms with E-state index in [-0.39, 0.29) is 5.91 Å². The Hall–Kier alpha value is -0.0900. The van der Waals surface area contributed by atoms with Crippen molar-refractivity contribution in [1.29, 1.82) is 0 Å². The molecule has 1 amide bonds. The lowest BCUT2D eigenvalue weighted by Crippen LogP contribution is -2.27. The van der Waals surface area contributed by atoms with Gasteiger partial charge >= 0.3 is 0 Å². The molecule has 0 bridgehead atoms. The molecule has 2 atom stereocenters. The number of nitrogens with one attached hydrogen (secondary N) is 1. The van der Waals surface area contributed by atoms with E-state index in [2.05, 4.69) is 28.2 Å². The Morgan fingerprint density at radius 3 is 3.00 bits per heavy atom. The highest BCUT2D eigenvalue weighted by Crippen LogP contribution is 2.16. The van der Waals surface area contributed by atoms with E-state index in [1.165, 1.54) is 12.8 Å². The van der Waals surface area contributed by atoms with Crippen LogP contribution in [0.3, 0.4) is 0 Å². The number of carbonyl (C=O) groups is 1. The lowest BCUT2D eigenvalue weighted by molar-refractivity contribution is -0.122. The molecule has 1 aliphatic heterocycles. The van der Waals surface area contributed by atoms with Crippen molar-refractivity contribution in [3.05, 3.63) is 0 Å². The van der Waals surface area contributed by atoms with Gasteiger partial charge in [-0.3, -0.25) is 4.79 Å². The van der Waals surface area contributed by atoms with Gasteiger partial charge in [-0.2, -0.15) is 0 Å². The third-order valence-electron chi connectivity index (χ3n) is 2.83. The van der Waals surface area contributed by atoms with Gasteiger partial charge in [-0.25, -0.2) is 0 Å². The normalized spacial score (nSPS) is 22.8. The summed E-state index contributed by atoms with van der Waals surface area (Å²) < 4.78 is 5.58. The molecule has 0 saturated carbocycles. The van der Waals surface area contributed by atoms with Crippen LogP contribution in [0, 0.1) is 0 Å². The van der Waals surface area contributed by atoms with Crippen LogP contribution in [0.1, 0.15) is 45.4 Å². The lowest BCUT2D eigenvalue weighted by atomic mass is 10.0. The maximum absolute atomic E-state index is 11.5. The highest BCUT2D eigenvalue weighted by molar-refractivity contribution is 9.09. The summed E-state index contributed by atoms with van der Waals surface area (Å²) in [6.07, 6.45) is 6.29. The summed E-state index contributed by atoms with van der Waals surface area (Å²) in [6, 6.07) is 0. The molecule has 4 heteroatoms. The maximum Gasteiger partial charge on any atom is 0.220 e. The number of rotatable bonds is 6. The SMILES string of the molecule is CC(Br)CCNC(=O)CCC1CCCCO1. The molecule has 0 spiro atoms. The number of amides is 1. The topological polar surface area (TPSA) is 38.3 Å². The summed E-state index contributed by atoms with van der Waals surface area (Å²) >= 11 is 3.45. The van der Waals surface area contributed by atoms with Gasteiger partial charge in [0.05, 0.1) is 6.10 Å². The van der Waals surface area contributed by atoms with Crippen molar-refractivity contribution in [3.8, 4) is 0 Å². The van der Waals surface area contributed by atoms with Crippen molar-refractivity contribution >= 4 is 21.8 Å². The first-order valence-electron chi connectivity index (χ1n) is 6.21. The molecule has 1 aliphatic rings. The number of hydrogen-bond donors (Lipinski definition) is 1. The molecule has 0 aromatic heterocycles. The molecule has 0 aliphatic carbocycles. The summed E-state index contributed by atoms with van der Waals surface area (Å²) in [4.78, 5) is 12.0. The maximum atomic E-state index is 11.5. The Balaban J connectivity index is 2.00. The molecule has 2 unspecified atom stereocenters. The van der Waals surface area contributed by atoms with Gasteiger partial charge in [0.25, 0.3) is 0 Å². The average Bonchev–Trinajstić information content (AvgIpc) is 2.27. The van der Waals surface area contributed by atoms with Crippen molar-refractivity contribution in [2.45, 2.75) is 56.4 Å². The Labute approximate surface area is 106 Å². The molecular weight excluding hydrogens is 270 g/mol. The van der Waals surface area contributed by atoms with Gasteiger partial charge in [-0.1, -0.05) is 22.9 Å². The van der Waals surface area contributed by atoms with Crippen LogP contribution in [0.4, 0.5) is 0 Å². The second-order valence-electron chi connectivity index (χ2n) is 4.45. The number of alkyl halides is 1. The fourth-order valence-corrected chi connectivity index (χ4v) is 2.05. The predicted octanol–water partition coefficient (Wildman–Crippen LogP) is 2.63. The fourth-order valence-electron chi connectivity index (χ4n) is 1.83. The average molecular weight is 292 g/mol. The van der Waals surface area contributed by atoms with Crippen molar-refractivity contribution in [2.24, 2.45) is 0 Å². The number of halogens is 1. The van der Waals surface area contributed by atoms with Gasteiger partial charge in [0, 0.05) is 24.4 Å². The quantitative estimate of drug-likeness (QED) is 0.764. The Morgan fingerprint density at radius 1 is 1.56 bits per heavy atom. The van der Waals surface area contributed by atoms with Crippen LogP contribution in [-0.4, -0.2) is 30.0 Å². The minimum absolute atomic E-state index is 0.155. The van der Waals surface area contributed by atoms with E-state index in [9.17, 15) is 4.79 Å². The smallest absolute Gasteiger partial charge is 0.220 e. The van der Waals surface area contributed by atoms with Crippen LogP contribution in [0.2, 0.25) is 0 Å². The molecule has 1 heterocycles. The Bertz CT molecular complexity index is 203. The molecule has 94 valence electrons. The first-order valence-corrected chi connectivity index (χ1v) is 7.12. The molecule has 1 rings (SSSR count). The first-order chi connectivity index (χ1) is 7.68. The number of ether oxygens (including phenoxy) is 1. The highest BCUT2D eigenvalue weighted by Gasteiger charge is 2.14. The molecule has 1 saturated heterocycles. The van der Waals surface area contributed by atoms with Crippen molar-refractivity contribution < 1.29 is 9.53 Å². The molecule has 1 N–H and O–H groups in total. The fraction of sp³-hybridized carbons (Fsp3) is 0.917. The number of carbonyl (C=O) groups excluding carboxylic acids is 1. The van der Waals surface area contributed by atoms with E-state index in [1.807, 2.05) is 0 Å². The van der Waals surface area contributed by atoms with Crippen LogP contribution in [0.25, 0.3) is 0 Å². The van der Waals surface area contributed by atoms with E-state index < -0.39 is 0 Å². The van der Waals surface area contributed by atoms with E-state index in [0.29, 0.717) is 17.4 Å². The van der Waals surface area contributed by atoms with Crippen LogP contribution < -0.4 is 5.32 Å². The van der Waals surface area contributed by atoms with Crippen molar-refractivity contribution in [1.82, 2.24) is 5.32 Å². The van der Waals surface area contributed by atoms with Crippen LogP contribution in [-0.2, 0) is 9.53 Å². The molecule has 0 aromatic carbocycles. The van der Waals surface area contributed by atoms with Gasteiger partial charge in [0.15, 0.2) is 0 Å². The number of hydrogen-bond acceptors (Lipinski definition) is 2. The molecular formula is C12H22BrNO2. The summed E-state index contributed by atoms with van der Waals surface area (Å²) in [5.74, 6) is 0.155. The van der Waals surface area contributed by atoms with Crippen LogP contribution in [0.5, 0.6) is 0 Å². The first kappa shape index (κ1) is 14.0. The van der Waals surface area contributed by atoms with Gasteiger partial charge in [0.1, 0.15) is 0 Å². The summed E-state index contributed by atoms with van der Waals surface area (Å²) in [7, 11) is 0. The van der Waals surface area contributed by atoms with Gasteiger partial charge in [-0.15, -0.1) is 0 Å². The van der Waals surface area contributed by atoms with Crippen LogP contribution >= 0.6 is 15.9 Å². The summed E-state index contributed by atoms with van der Waals surface area (Å²) in [5, 5.41) is 2.93. The Kier molecular flexibility index (Phi) is 7.05. The Morgan fingerprint density at radius 2 is 2.38 bits per heavy atom. The second kappa shape index (κ2) is 8.07. The molecule has 0 aromatic rings. The molecule has 3 nitrogen and oxygen atoms in total. The van der Waals surface area contributed by atoms with Gasteiger partial charge in [0.2, 0.25) is 5.91 Å². The zero-order valence-corrected chi connectivity index (χ0v) is 11.6. The predicted molar refractivity (Wildman–Crippen MR) is 68.8 cm³/mol. The highest BCUT2D eigenvalue weighted by atomic mass is 79.9. The summed E-state index contributed by atoms with van der Waals surface area (Å²) in [5.41, 5.74) is 0. The van der Waals surface area contributed by atoms with E-state index in [1.54, 1.807) is 0 Å². The minimum atomic E-state index is 0.155. The standard InChI is InChI=1S/C12H22BrNO2/c1-10(13)7-8-14-12(15)6-5-11-4-2-3-9-16-11/h10-11H,2-9H2,1H3,(H,14,15). The second-order valence-corrected chi connectivity index (χ2v) is 6.01. The van der Waals surface area contributed by atoms with E-state index >= 15 is 0 Å². The van der Waals surface area contributed by atoms with E-state index in [4.69, 9.17) is 4.74 Å². The zero-order chi connectivity index (χ0) is 11.8. The van der Waals surface area contributed by atoms with E-state index in [0.717, 1.165) is 32.4 Å². The van der Waals surface area contributed by atoms with Crippen molar-refractivity contribution in [3.63, 3.8) is 0 Å². The third kappa shape index (κ3) is 6.48. The van der Waals surface area contributed by atoms with Crippen molar-refractivity contribution in [2.75, 3.05) is 13.2 Å². The van der Waals surface area contributed by atoms with Crippen LogP contribution in [0.15, 0.2) is 0 Å². The third-order valence-corrected chi connectivity index (χ3v) is 3.29. The minimum Gasteiger partial charge on any atom is -0.378 e. The molecule has 16 heavy (non-hydrogen) atoms. The largest absolute Gasteiger partial charge is 0.378 e. The summed E-state index contributed by atoms with van der Waals surface area (Å²) in [6.45, 7) is 3.71. The lowest BCUT2D eigenvalue weighted by Gasteiger charge is -2.22. The molecule has 0 radical (unpaired) electrons. The van der Waals surface area contributed by atoms with Gasteiger partial charge < -0.3 is 10.1 Å². The van der Waals surface area contributed by atoms with Gasteiger partial charge in [-0.05, 0) is 32.1 Å².